The van der Waals surface area contributed by atoms with Gasteiger partial charge < -0.3 is 10.0 Å². The zero-order chi connectivity index (χ0) is 12.1. The smallest absolute Gasteiger partial charge is 0.236 e. The summed E-state index contributed by atoms with van der Waals surface area (Å²) in [6, 6.07) is 0. The summed E-state index contributed by atoms with van der Waals surface area (Å²) in [5.41, 5.74) is 0. The normalized spacial score (nSPS) is 23.2. The van der Waals surface area contributed by atoms with Gasteiger partial charge in [-0.2, -0.15) is 0 Å². The third-order valence-electron chi connectivity index (χ3n) is 4.06. The first kappa shape index (κ1) is 12.8. The number of likely N-dealkylation sites (tertiary alicyclic amines) is 2. The lowest BCUT2D eigenvalue weighted by Crippen LogP contribution is -2.42. The van der Waals surface area contributed by atoms with E-state index < -0.39 is 0 Å². The van der Waals surface area contributed by atoms with Gasteiger partial charge >= 0.3 is 0 Å². The van der Waals surface area contributed by atoms with Gasteiger partial charge in [0.1, 0.15) is 0 Å². The number of hydrogen-bond donors (Lipinski definition) is 1. The van der Waals surface area contributed by atoms with Gasteiger partial charge in [0.05, 0.1) is 6.54 Å². The maximum Gasteiger partial charge on any atom is 0.236 e. The lowest BCUT2D eigenvalue weighted by atomic mass is 9.94. The molecule has 2 heterocycles. The fourth-order valence-corrected chi connectivity index (χ4v) is 2.87. The summed E-state index contributed by atoms with van der Waals surface area (Å²) in [5, 5.41) is 8.90. The van der Waals surface area contributed by atoms with Crippen LogP contribution in [0.5, 0.6) is 0 Å². The first-order valence-corrected chi connectivity index (χ1v) is 6.90. The van der Waals surface area contributed by atoms with E-state index in [0.717, 1.165) is 45.4 Å². The van der Waals surface area contributed by atoms with E-state index in [1.165, 1.54) is 12.8 Å². The molecule has 0 aromatic rings. The zero-order valence-electron chi connectivity index (χ0n) is 10.6. The first-order valence-electron chi connectivity index (χ1n) is 6.90. The van der Waals surface area contributed by atoms with Crippen molar-refractivity contribution in [2.75, 3.05) is 39.3 Å². The van der Waals surface area contributed by atoms with Gasteiger partial charge in [0.25, 0.3) is 0 Å². The monoisotopic (exact) mass is 240 g/mol. The van der Waals surface area contributed by atoms with Gasteiger partial charge in [-0.05, 0) is 51.1 Å². The second-order valence-electron chi connectivity index (χ2n) is 5.32. The molecule has 1 N–H and O–H groups in total. The van der Waals surface area contributed by atoms with E-state index in [9.17, 15) is 4.79 Å². The molecule has 0 spiro atoms. The van der Waals surface area contributed by atoms with Gasteiger partial charge in [0, 0.05) is 19.7 Å². The summed E-state index contributed by atoms with van der Waals surface area (Å²) < 4.78 is 0. The Bertz CT molecular complexity index is 244. The van der Waals surface area contributed by atoms with E-state index in [0.29, 0.717) is 25.0 Å². The number of nitrogens with zero attached hydrogens (tertiary/aromatic N) is 2. The van der Waals surface area contributed by atoms with Gasteiger partial charge in [-0.1, -0.05) is 0 Å². The van der Waals surface area contributed by atoms with Crippen LogP contribution in [0.1, 0.15) is 32.1 Å². The van der Waals surface area contributed by atoms with Crippen LogP contribution in [0.4, 0.5) is 0 Å². The largest absolute Gasteiger partial charge is 0.396 e. The second kappa shape index (κ2) is 6.36. The van der Waals surface area contributed by atoms with E-state index in [1.54, 1.807) is 0 Å². The van der Waals surface area contributed by atoms with Crippen LogP contribution in [0.2, 0.25) is 0 Å². The van der Waals surface area contributed by atoms with Crippen molar-refractivity contribution < 1.29 is 9.90 Å². The van der Waals surface area contributed by atoms with E-state index in [2.05, 4.69) is 4.90 Å². The highest BCUT2D eigenvalue weighted by molar-refractivity contribution is 5.78. The van der Waals surface area contributed by atoms with Crippen molar-refractivity contribution in [1.29, 1.82) is 0 Å². The minimum Gasteiger partial charge on any atom is -0.396 e. The summed E-state index contributed by atoms with van der Waals surface area (Å²) in [5.74, 6) is 0.973. The fourth-order valence-electron chi connectivity index (χ4n) is 2.87. The molecule has 0 radical (unpaired) electrons. The van der Waals surface area contributed by atoms with Crippen LogP contribution < -0.4 is 0 Å². The Labute approximate surface area is 104 Å². The van der Waals surface area contributed by atoms with Crippen molar-refractivity contribution in [3.05, 3.63) is 0 Å². The number of carbonyl (C=O) groups is 1. The molecule has 1 amide bonds. The van der Waals surface area contributed by atoms with Crippen molar-refractivity contribution in [2.24, 2.45) is 5.92 Å². The molecule has 2 saturated heterocycles. The van der Waals surface area contributed by atoms with Crippen molar-refractivity contribution >= 4 is 5.91 Å². The molecule has 98 valence electrons. The van der Waals surface area contributed by atoms with Crippen LogP contribution in [0.25, 0.3) is 0 Å². The number of rotatable bonds is 4. The molecule has 2 aliphatic rings. The molecule has 0 aromatic carbocycles. The Morgan fingerprint density at radius 2 is 1.76 bits per heavy atom. The summed E-state index contributed by atoms with van der Waals surface area (Å²) in [6.45, 7) is 4.86. The zero-order valence-corrected chi connectivity index (χ0v) is 10.6. The molecule has 2 rings (SSSR count). The Morgan fingerprint density at radius 3 is 2.35 bits per heavy atom. The Hall–Kier alpha value is -0.610. The third kappa shape index (κ3) is 3.68. The third-order valence-corrected chi connectivity index (χ3v) is 4.06. The summed E-state index contributed by atoms with van der Waals surface area (Å²) >= 11 is 0. The Morgan fingerprint density at radius 1 is 1.12 bits per heavy atom. The molecule has 2 aliphatic heterocycles. The van der Waals surface area contributed by atoms with Gasteiger partial charge in [-0.15, -0.1) is 0 Å². The molecule has 0 atom stereocenters. The average Bonchev–Trinajstić information content (AvgIpc) is 2.86. The minimum atomic E-state index is 0.303. The molecule has 2 fully saturated rings. The van der Waals surface area contributed by atoms with Crippen LogP contribution in [-0.2, 0) is 4.79 Å². The molecule has 0 unspecified atom stereocenters. The van der Waals surface area contributed by atoms with Crippen molar-refractivity contribution in [3.63, 3.8) is 0 Å². The standard InChI is InChI=1S/C13H24N2O2/c16-10-5-12-3-8-14(9-4-12)11-13(17)15-6-1-2-7-15/h12,16H,1-11H2. The molecule has 0 aliphatic carbocycles. The first-order chi connectivity index (χ1) is 8.29. The van der Waals surface area contributed by atoms with Gasteiger partial charge in [0.15, 0.2) is 0 Å². The Balaban J connectivity index is 1.68. The number of aliphatic hydroxyl groups excluding tert-OH is 1. The molecular formula is C13H24N2O2. The molecule has 4 nitrogen and oxygen atoms in total. The minimum absolute atomic E-state index is 0.303. The van der Waals surface area contributed by atoms with E-state index in [4.69, 9.17) is 5.11 Å². The van der Waals surface area contributed by atoms with E-state index in [-0.39, 0.29) is 0 Å². The molecular weight excluding hydrogens is 216 g/mol. The lowest BCUT2D eigenvalue weighted by Gasteiger charge is -2.32. The lowest BCUT2D eigenvalue weighted by molar-refractivity contribution is -0.131. The van der Waals surface area contributed by atoms with Crippen LogP contribution in [0, 0.1) is 5.92 Å². The van der Waals surface area contributed by atoms with Crippen LogP contribution in [0.15, 0.2) is 0 Å². The van der Waals surface area contributed by atoms with Crippen LogP contribution in [-0.4, -0.2) is 60.1 Å². The number of hydrogen-bond acceptors (Lipinski definition) is 3. The Kier molecular flexibility index (Phi) is 4.80. The molecule has 17 heavy (non-hydrogen) atoms. The van der Waals surface area contributed by atoms with Crippen molar-refractivity contribution in [3.8, 4) is 0 Å². The maximum absolute atomic E-state index is 12.0. The summed E-state index contributed by atoms with van der Waals surface area (Å²) in [7, 11) is 0. The SMILES string of the molecule is O=C(CN1CCC(CCO)CC1)N1CCCC1. The van der Waals surface area contributed by atoms with Gasteiger partial charge in [-0.3, -0.25) is 9.69 Å². The highest BCUT2D eigenvalue weighted by Gasteiger charge is 2.23. The van der Waals surface area contributed by atoms with Crippen LogP contribution >= 0.6 is 0 Å². The predicted molar refractivity (Wildman–Crippen MR) is 66.7 cm³/mol. The van der Waals surface area contributed by atoms with Crippen molar-refractivity contribution in [1.82, 2.24) is 9.80 Å². The van der Waals surface area contributed by atoms with E-state index >= 15 is 0 Å². The summed E-state index contributed by atoms with van der Waals surface area (Å²) in [4.78, 5) is 16.2. The maximum atomic E-state index is 12.0. The number of carbonyl (C=O) groups excluding carboxylic acids is 1. The van der Waals surface area contributed by atoms with E-state index in [1.807, 2.05) is 4.90 Å². The predicted octanol–water partition coefficient (Wildman–Crippen LogP) is 0.703. The highest BCUT2D eigenvalue weighted by Crippen LogP contribution is 2.20. The summed E-state index contributed by atoms with van der Waals surface area (Å²) in [6.07, 6.45) is 5.53. The topological polar surface area (TPSA) is 43.8 Å². The van der Waals surface area contributed by atoms with Gasteiger partial charge in [-0.25, -0.2) is 0 Å². The van der Waals surface area contributed by atoms with Gasteiger partial charge in [0.2, 0.25) is 5.91 Å². The second-order valence-corrected chi connectivity index (χ2v) is 5.32. The molecule has 0 bridgehead atoms. The molecule has 4 heteroatoms. The number of amides is 1. The molecule has 0 aromatic heterocycles. The van der Waals surface area contributed by atoms with Crippen LogP contribution in [0.3, 0.4) is 0 Å². The molecule has 0 saturated carbocycles. The fraction of sp³-hybridized carbons (Fsp3) is 0.923. The number of piperidine rings is 1. The number of aliphatic hydroxyl groups is 1. The average molecular weight is 240 g/mol. The highest BCUT2D eigenvalue weighted by atomic mass is 16.3. The van der Waals surface area contributed by atoms with Crippen molar-refractivity contribution in [2.45, 2.75) is 32.1 Å². The quantitative estimate of drug-likeness (QED) is 0.787.